The molecule has 1 rings (SSSR count). The van der Waals surface area contributed by atoms with Crippen molar-refractivity contribution in [3.63, 3.8) is 0 Å². The summed E-state index contributed by atoms with van der Waals surface area (Å²) in [4.78, 5) is 23.6. The van der Waals surface area contributed by atoms with Gasteiger partial charge in [-0.15, -0.1) is 0 Å². The summed E-state index contributed by atoms with van der Waals surface area (Å²) in [5, 5.41) is 6.33. The minimum Gasteiger partial charge on any atom is -0.479 e. The molecule has 1 aromatic rings. The standard InChI is InChI=1S/C16H22Cl2N2O3/c1-4-10(2)20-15(21)7-8-19-16(22)11(3)23-14-6-5-12(17)9-13(14)18/h5-6,9-11H,4,7-8H2,1-3H3,(H,19,22)(H,20,21). The number of amides is 2. The Kier molecular flexibility index (Phi) is 8.20. The molecule has 23 heavy (non-hydrogen) atoms. The van der Waals surface area contributed by atoms with Crippen LogP contribution in [0.15, 0.2) is 18.2 Å². The lowest BCUT2D eigenvalue weighted by Gasteiger charge is -2.16. The smallest absolute Gasteiger partial charge is 0.260 e. The molecule has 1 aromatic carbocycles. The molecule has 0 radical (unpaired) electrons. The Morgan fingerprint density at radius 2 is 1.96 bits per heavy atom. The molecule has 2 unspecified atom stereocenters. The second-order valence-electron chi connectivity index (χ2n) is 5.25. The summed E-state index contributed by atoms with van der Waals surface area (Å²) in [7, 11) is 0. The molecule has 7 heteroatoms. The molecule has 0 aliphatic rings. The number of carbonyl (C=O) groups is 2. The van der Waals surface area contributed by atoms with Crippen LogP contribution in [0.4, 0.5) is 0 Å². The molecule has 2 amide bonds. The molecule has 0 saturated heterocycles. The third kappa shape index (κ3) is 7.10. The van der Waals surface area contributed by atoms with Gasteiger partial charge in [0.2, 0.25) is 5.91 Å². The number of benzene rings is 1. The molecule has 5 nitrogen and oxygen atoms in total. The van der Waals surface area contributed by atoms with E-state index >= 15 is 0 Å². The topological polar surface area (TPSA) is 67.4 Å². The Bertz CT molecular complexity index is 552. The number of nitrogens with one attached hydrogen (secondary N) is 2. The van der Waals surface area contributed by atoms with Gasteiger partial charge < -0.3 is 15.4 Å². The molecular weight excluding hydrogens is 339 g/mol. The van der Waals surface area contributed by atoms with Gasteiger partial charge in [-0.2, -0.15) is 0 Å². The van der Waals surface area contributed by atoms with E-state index in [4.69, 9.17) is 27.9 Å². The molecule has 0 fully saturated rings. The Hall–Kier alpha value is -1.46. The molecule has 2 atom stereocenters. The van der Waals surface area contributed by atoms with Crippen molar-refractivity contribution in [2.75, 3.05) is 6.54 Å². The first-order valence-corrected chi connectivity index (χ1v) is 8.27. The minimum atomic E-state index is -0.730. The fraction of sp³-hybridized carbons (Fsp3) is 0.500. The number of hydrogen-bond donors (Lipinski definition) is 2. The van der Waals surface area contributed by atoms with Crippen molar-refractivity contribution in [3.05, 3.63) is 28.2 Å². The SMILES string of the molecule is CCC(C)NC(=O)CCNC(=O)C(C)Oc1ccc(Cl)cc1Cl. The quantitative estimate of drug-likeness (QED) is 0.747. The summed E-state index contributed by atoms with van der Waals surface area (Å²) in [6, 6.07) is 4.91. The van der Waals surface area contributed by atoms with Gasteiger partial charge in [0.05, 0.1) is 5.02 Å². The first-order chi connectivity index (χ1) is 10.8. The lowest BCUT2D eigenvalue weighted by Crippen LogP contribution is -2.39. The van der Waals surface area contributed by atoms with Crippen LogP contribution in [0.25, 0.3) is 0 Å². The zero-order valence-electron chi connectivity index (χ0n) is 13.5. The van der Waals surface area contributed by atoms with Crippen LogP contribution < -0.4 is 15.4 Å². The second-order valence-corrected chi connectivity index (χ2v) is 6.10. The maximum absolute atomic E-state index is 11.9. The molecular formula is C16H22Cl2N2O3. The molecule has 0 saturated carbocycles. The molecule has 0 spiro atoms. The van der Waals surface area contributed by atoms with Crippen LogP contribution in [0.3, 0.4) is 0 Å². The zero-order chi connectivity index (χ0) is 17.4. The Morgan fingerprint density at radius 1 is 1.26 bits per heavy atom. The van der Waals surface area contributed by atoms with Gasteiger partial charge in [-0.25, -0.2) is 0 Å². The Labute approximate surface area is 146 Å². The van der Waals surface area contributed by atoms with Crippen LogP contribution in [0.1, 0.15) is 33.6 Å². The predicted octanol–water partition coefficient (Wildman–Crippen LogP) is 3.18. The highest BCUT2D eigenvalue weighted by molar-refractivity contribution is 6.35. The zero-order valence-corrected chi connectivity index (χ0v) is 15.0. The largest absolute Gasteiger partial charge is 0.479 e. The number of ether oxygens (including phenoxy) is 1. The van der Waals surface area contributed by atoms with Crippen molar-refractivity contribution in [3.8, 4) is 5.75 Å². The van der Waals surface area contributed by atoms with E-state index in [-0.39, 0.29) is 30.8 Å². The van der Waals surface area contributed by atoms with Gasteiger partial charge >= 0.3 is 0 Å². The highest BCUT2D eigenvalue weighted by Gasteiger charge is 2.16. The number of halogens is 2. The van der Waals surface area contributed by atoms with E-state index in [1.165, 1.54) is 0 Å². The Balaban J connectivity index is 2.38. The number of carbonyl (C=O) groups excluding carboxylic acids is 2. The fourth-order valence-electron chi connectivity index (χ4n) is 1.71. The van der Waals surface area contributed by atoms with Gasteiger partial charge in [-0.1, -0.05) is 30.1 Å². The summed E-state index contributed by atoms with van der Waals surface area (Å²) in [5.41, 5.74) is 0. The third-order valence-electron chi connectivity index (χ3n) is 3.24. The first-order valence-electron chi connectivity index (χ1n) is 7.52. The molecule has 0 aromatic heterocycles. The van der Waals surface area contributed by atoms with Gasteiger partial charge in [0.25, 0.3) is 5.91 Å². The van der Waals surface area contributed by atoms with Crippen LogP contribution >= 0.6 is 23.2 Å². The van der Waals surface area contributed by atoms with Crippen molar-refractivity contribution in [2.24, 2.45) is 0 Å². The van der Waals surface area contributed by atoms with E-state index in [0.717, 1.165) is 6.42 Å². The van der Waals surface area contributed by atoms with Crippen LogP contribution in [-0.4, -0.2) is 30.5 Å². The molecule has 2 N–H and O–H groups in total. The van der Waals surface area contributed by atoms with Crippen molar-refractivity contribution in [1.82, 2.24) is 10.6 Å². The summed E-state index contributed by atoms with van der Waals surface area (Å²) in [5.74, 6) is -0.0189. The molecule has 0 aliphatic carbocycles. The van der Waals surface area contributed by atoms with Gasteiger partial charge in [-0.3, -0.25) is 9.59 Å². The Morgan fingerprint density at radius 3 is 2.57 bits per heavy atom. The van der Waals surface area contributed by atoms with Gasteiger partial charge in [0, 0.05) is 24.0 Å². The molecule has 128 valence electrons. The fourth-order valence-corrected chi connectivity index (χ4v) is 2.16. The number of hydrogen-bond acceptors (Lipinski definition) is 3. The summed E-state index contributed by atoms with van der Waals surface area (Å²) < 4.78 is 5.50. The van der Waals surface area contributed by atoms with Crippen molar-refractivity contribution in [1.29, 1.82) is 0 Å². The summed E-state index contributed by atoms with van der Waals surface area (Å²) in [6.07, 6.45) is 0.362. The van der Waals surface area contributed by atoms with E-state index in [2.05, 4.69) is 10.6 Å². The van der Waals surface area contributed by atoms with E-state index in [0.29, 0.717) is 15.8 Å². The van der Waals surface area contributed by atoms with Crippen LogP contribution in [0.2, 0.25) is 10.0 Å². The lowest BCUT2D eigenvalue weighted by atomic mass is 10.2. The second kappa shape index (κ2) is 9.63. The monoisotopic (exact) mass is 360 g/mol. The predicted molar refractivity (Wildman–Crippen MR) is 92.1 cm³/mol. The van der Waals surface area contributed by atoms with E-state index in [9.17, 15) is 9.59 Å². The van der Waals surface area contributed by atoms with Gasteiger partial charge in [0.1, 0.15) is 5.75 Å². The van der Waals surface area contributed by atoms with Crippen LogP contribution in [0, 0.1) is 0 Å². The maximum atomic E-state index is 11.9. The van der Waals surface area contributed by atoms with Crippen molar-refractivity contribution < 1.29 is 14.3 Å². The highest BCUT2D eigenvalue weighted by atomic mass is 35.5. The van der Waals surface area contributed by atoms with E-state index in [1.54, 1.807) is 25.1 Å². The maximum Gasteiger partial charge on any atom is 0.260 e. The molecule has 0 aliphatic heterocycles. The first kappa shape index (κ1) is 19.6. The summed E-state index contributed by atoms with van der Waals surface area (Å²) >= 11 is 11.8. The average molecular weight is 361 g/mol. The van der Waals surface area contributed by atoms with Crippen molar-refractivity contribution in [2.45, 2.75) is 45.8 Å². The minimum absolute atomic E-state index is 0.0889. The van der Waals surface area contributed by atoms with Crippen LogP contribution in [-0.2, 0) is 9.59 Å². The van der Waals surface area contributed by atoms with Gasteiger partial charge in [-0.05, 0) is 38.5 Å². The molecule has 0 bridgehead atoms. The lowest BCUT2D eigenvalue weighted by molar-refractivity contribution is -0.127. The highest BCUT2D eigenvalue weighted by Crippen LogP contribution is 2.28. The normalized spacial score (nSPS) is 13.1. The van der Waals surface area contributed by atoms with Gasteiger partial charge in [0.15, 0.2) is 6.10 Å². The number of rotatable bonds is 8. The molecule has 0 heterocycles. The van der Waals surface area contributed by atoms with E-state index in [1.807, 2.05) is 13.8 Å². The summed E-state index contributed by atoms with van der Waals surface area (Å²) in [6.45, 7) is 5.79. The van der Waals surface area contributed by atoms with E-state index < -0.39 is 6.10 Å². The average Bonchev–Trinajstić information content (AvgIpc) is 2.49. The van der Waals surface area contributed by atoms with Crippen molar-refractivity contribution >= 4 is 35.0 Å². The van der Waals surface area contributed by atoms with Crippen LogP contribution in [0.5, 0.6) is 5.75 Å². The third-order valence-corrected chi connectivity index (χ3v) is 3.77.